The van der Waals surface area contributed by atoms with E-state index in [1.54, 1.807) is 0 Å². The standard InChI is InChI=1S/C11H23S/c1-3-5-7-9-11-12-10-8-6-4-2/h11H,3-10H2,1-2H3. The molecule has 1 heteroatoms. The first-order valence-corrected chi connectivity index (χ1v) is 6.40. The lowest BCUT2D eigenvalue weighted by molar-refractivity contribution is 0.723. The average Bonchev–Trinajstić information content (AvgIpc) is 2.10. The minimum Gasteiger partial charge on any atom is -0.157 e. The summed E-state index contributed by atoms with van der Waals surface area (Å²) in [5, 5.41) is 0. The van der Waals surface area contributed by atoms with E-state index in [2.05, 4.69) is 19.6 Å². The number of thioether (sulfide) groups is 1. The van der Waals surface area contributed by atoms with Gasteiger partial charge in [0.25, 0.3) is 0 Å². The van der Waals surface area contributed by atoms with Crippen molar-refractivity contribution in [2.45, 2.75) is 58.8 Å². The Hall–Kier alpha value is 0.350. The van der Waals surface area contributed by atoms with Crippen LogP contribution >= 0.6 is 11.8 Å². The molecule has 0 heterocycles. The van der Waals surface area contributed by atoms with Gasteiger partial charge in [0.05, 0.1) is 0 Å². The van der Waals surface area contributed by atoms with Crippen LogP contribution < -0.4 is 0 Å². The van der Waals surface area contributed by atoms with Crippen LogP contribution in [0.25, 0.3) is 0 Å². The Morgan fingerprint density at radius 2 is 1.58 bits per heavy atom. The Morgan fingerprint density at radius 3 is 2.25 bits per heavy atom. The van der Waals surface area contributed by atoms with Gasteiger partial charge < -0.3 is 0 Å². The molecule has 0 aromatic rings. The zero-order chi connectivity index (χ0) is 9.07. The van der Waals surface area contributed by atoms with Gasteiger partial charge in [-0.1, -0.05) is 46.0 Å². The summed E-state index contributed by atoms with van der Waals surface area (Å²) in [6.45, 7) is 4.52. The fourth-order valence-electron chi connectivity index (χ4n) is 1.08. The fraction of sp³-hybridized carbons (Fsp3) is 0.909. The highest BCUT2D eigenvalue weighted by molar-refractivity contribution is 8.01. The summed E-state index contributed by atoms with van der Waals surface area (Å²) in [4.78, 5) is 0. The van der Waals surface area contributed by atoms with E-state index in [-0.39, 0.29) is 0 Å². The summed E-state index contributed by atoms with van der Waals surface area (Å²) in [7, 11) is 0. The largest absolute Gasteiger partial charge is 0.157 e. The zero-order valence-electron chi connectivity index (χ0n) is 8.64. The lowest BCUT2D eigenvalue weighted by Gasteiger charge is -1.99. The van der Waals surface area contributed by atoms with Gasteiger partial charge in [-0.2, -0.15) is 11.8 Å². The highest BCUT2D eigenvalue weighted by Crippen LogP contribution is 2.14. The van der Waals surface area contributed by atoms with Crippen molar-refractivity contribution < 1.29 is 0 Å². The molecule has 0 amide bonds. The molecule has 73 valence electrons. The van der Waals surface area contributed by atoms with E-state index in [0.717, 1.165) is 0 Å². The van der Waals surface area contributed by atoms with E-state index < -0.39 is 0 Å². The Balaban J connectivity index is 2.73. The van der Waals surface area contributed by atoms with Gasteiger partial charge >= 0.3 is 0 Å². The first kappa shape index (κ1) is 12.3. The number of unbranched alkanes of at least 4 members (excludes halogenated alkanes) is 5. The summed E-state index contributed by atoms with van der Waals surface area (Å²) in [5.74, 6) is 3.73. The summed E-state index contributed by atoms with van der Waals surface area (Å²) < 4.78 is 0. The van der Waals surface area contributed by atoms with E-state index >= 15 is 0 Å². The van der Waals surface area contributed by atoms with E-state index in [0.29, 0.717) is 0 Å². The molecule has 0 aliphatic carbocycles. The maximum atomic E-state index is 2.39. The average molecular weight is 187 g/mol. The normalized spacial score (nSPS) is 10.5. The Morgan fingerprint density at radius 1 is 0.917 bits per heavy atom. The van der Waals surface area contributed by atoms with Crippen LogP contribution in [0.1, 0.15) is 58.8 Å². The second kappa shape index (κ2) is 11.4. The monoisotopic (exact) mass is 187 g/mol. The van der Waals surface area contributed by atoms with Crippen molar-refractivity contribution in [2.75, 3.05) is 5.75 Å². The van der Waals surface area contributed by atoms with E-state index in [1.165, 1.54) is 50.7 Å². The third-order valence-electron chi connectivity index (χ3n) is 1.91. The van der Waals surface area contributed by atoms with E-state index in [1.807, 2.05) is 11.8 Å². The summed E-state index contributed by atoms with van der Waals surface area (Å²) >= 11 is 2.02. The molecule has 0 aromatic carbocycles. The fourth-order valence-corrected chi connectivity index (χ4v) is 1.95. The van der Waals surface area contributed by atoms with E-state index in [9.17, 15) is 0 Å². The van der Waals surface area contributed by atoms with Gasteiger partial charge in [-0.25, -0.2) is 0 Å². The first-order chi connectivity index (χ1) is 5.91. The minimum atomic E-state index is 1.31. The lowest BCUT2D eigenvalue weighted by atomic mass is 10.2. The molecule has 0 N–H and O–H groups in total. The maximum absolute atomic E-state index is 2.39. The number of hydrogen-bond donors (Lipinski definition) is 0. The third kappa shape index (κ3) is 10.3. The minimum absolute atomic E-state index is 1.31. The molecule has 0 aliphatic heterocycles. The second-order valence-corrected chi connectivity index (χ2v) is 4.32. The van der Waals surface area contributed by atoms with Crippen molar-refractivity contribution in [3.63, 3.8) is 0 Å². The Kier molecular flexibility index (Phi) is 11.7. The van der Waals surface area contributed by atoms with Crippen LogP contribution in [0.5, 0.6) is 0 Å². The maximum Gasteiger partial charge on any atom is 0.0166 e. The molecule has 0 nitrogen and oxygen atoms in total. The second-order valence-electron chi connectivity index (χ2n) is 3.24. The summed E-state index contributed by atoms with van der Waals surface area (Å²) in [6.07, 6.45) is 9.57. The van der Waals surface area contributed by atoms with Crippen molar-refractivity contribution in [1.29, 1.82) is 0 Å². The van der Waals surface area contributed by atoms with Crippen LogP contribution in [0.2, 0.25) is 0 Å². The molecule has 0 saturated heterocycles. The summed E-state index contributed by atoms with van der Waals surface area (Å²) in [5.41, 5.74) is 0. The highest BCUT2D eigenvalue weighted by Gasteiger charge is 1.90. The molecule has 1 radical (unpaired) electrons. The Bertz CT molecular complexity index is 61.4. The molecule has 0 aliphatic rings. The molecule has 0 spiro atoms. The Labute approximate surface area is 82.5 Å². The van der Waals surface area contributed by atoms with Gasteiger partial charge in [-0.3, -0.25) is 0 Å². The van der Waals surface area contributed by atoms with Crippen molar-refractivity contribution >= 4 is 11.8 Å². The quantitative estimate of drug-likeness (QED) is 0.473. The SMILES string of the molecule is CCCCC[CH]SCCCCC. The molecule has 0 saturated carbocycles. The predicted octanol–water partition coefficient (Wildman–Crippen LogP) is 4.65. The van der Waals surface area contributed by atoms with Gasteiger partial charge in [0.15, 0.2) is 0 Å². The molecular formula is C11H23S. The van der Waals surface area contributed by atoms with Crippen LogP contribution in [-0.4, -0.2) is 5.75 Å². The highest BCUT2D eigenvalue weighted by atomic mass is 32.2. The van der Waals surface area contributed by atoms with Gasteiger partial charge in [0.2, 0.25) is 0 Å². The van der Waals surface area contributed by atoms with Crippen LogP contribution in [0.15, 0.2) is 0 Å². The lowest BCUT2D eigenvalue weighted by Crippen LogP contribution is -1.80. The molecule has 0 rings (SSSR count). The molecule has 0 aromatic heterocycles. The predicted molar refractivity (Wildman–Crippen MR) is 60.4 cm³/mol. The topological polar surface area (TPSA) is 0 Å². The molecule has 0 fully saturated rings. The van der Waals surface area contributed by atoms with Gasteiger partial charge in [0.1, 0.15) is 0 Å². The zero-order valence-corrected chi connectivity index (χ0v) is 9.46. The van der Waals surface area contributed by atoms with Crippen molar-refractivity contribution in [3.8, 4) is 0 Å². The molecule has 0 bridgehead atoms. The smallest absolute Gasteiger partial charge is 0.0166 e. The van der Waals surface area contributed by atoms with Crippen LogP contribution in [0, 0.1) is 5.75 Å². The van der Waals surface area contributed by atoms with Crippen molar-refractivity contribution in [1.82, 2.24) is 0 Å². The van der Waals surface area contributed by atoms with Crippen LogP contribution in [0.4, 0.5) is 0 Å². The first-order valence-electron chi connectivity index (χ1n) is 5.35. The molecule has 12 heavy (non-hydrogen) atoms. The summed E-state index contributed by atoms with van der Waals surface area (Å²) in [6, 6.07) is 0. The number of rotatable bonds is 9. The van der Waals surface area contributed by atoms with Crippen molar-refractivity contribution in [2.24, 2.45) is 0 Å². The van der Waals surface area contributed by atoms with Gasteiger partial charge in [0, 0.05) is 5.75 Å². The van der Waals surface area contributed by atoms with Crippen LogP contribution in [0.3, 0.4) is 0 Å². The number of hydrogen-bond acceptors (Lipinski definition) is 1. The molecule has 0 unspecified atom stereocenters. The molecule has 0 atom stereocenters. The van der Waals surface area contributed by atoms with E-state index in [4.69, 9.17) is 0 Å². The molecular weight excluding hydrogens is 164 g/mol. The third-order valence-corrected chi connectivity index (χ3v) is 2.90. The van der Waals surface area contributed by atoms with Crippen LogP contribution in [-0.2, 0) is 0 Å². The van der Waals surface area contributed by atoms with Gasteiger partial charge in [-0.15, -0.1) is 0 Å². The van der Waals surface area contributed by atoms with Gasteiger partial charge in [-0.05, 0) is 18.6 Å². The van der Waals surface area contributed by atoms with Crippen molar-refractivity contribution in [3.05, 3.63) is 5.75 Å².